The highest BCUT2D eigenvalue weighted by molar-refractivity contribution is 5.67. The van der Waals surface area contributed by atoms with Crippen LogP contribution in [0.4, 0.5) is 10.2 Å². The van der Waals surface area contributed by atoms with E-state index in [1.54, 1.807) is 31.6 Å². The normalized spacial score (nSPS) is 16.0. The molecule has 1 fully saturated rings. The number of methoxy groups -OCH3 is 1. The summed E-state index contributed by atoms with van der Waals surface area (Å²) in [7, 11) is 1.64. The number of hydrogen-bond donors (Lipinski definition) is 1. The van der Waals surface area contributed by atoms with E-state index in [0.717, 1.165) is 28.4 Å². The first kappa shape index (κ1) is 18.4. The molecule has 1 saturated heterocycles. The lowest BCUT2D eigenvalue weighted by molar-refractivity contribution is 0.0116. The Labute approximate surface area is 163 Å². The lowest BCUT2D eigenvalue weighted by Gasteiger charge is -2.39. The van der Waals surface area contributed by atoms with Crippen molar-refractivity contribution in [2.45, 2.75) is 18.4 Å². The highest BCUT2D eigenvalue weighted by atomic mass is 19.1. The number of benzene rings is 2. The second kappa shape index (κ2) is 7.56. The standard InChI is InChI=1S/C22H22FN3O2/c1-28-20-5-3-2-4-18(20)19-14-24-15-21(25-19)26-12-10-22(27,11-13-26)16-6-8-17(23)9-7-16/h2-9,14-15,27H,10-13H2,1H3. The molecule has 4 rings (SSSR count). The fourth-order valence-electron chi connectivity index (χ4n) is 3.65. The number of aliphatic hydroxyl groups is 1. The monoisotopic (exact) mass is 379 g/mol. The summed E-state index contributed by atoms with van der Waals surface area (Å²) in [6.45, 7) is 1.27. The number of ether oxygens (including phenoxy) is 1. The van der Waals surface area contributed by atoms with Crippen molar-refractivity contribution in [3.05, 3.63) is 72.3 Å². The van der Waals surface area contributed by atoms with Crippen LogP contribution in [-0.4, -0.2) is 35.3 Å². The SMILES string of the molecule is COc1ccccc1-c1cncc(N2CCC(O)(c3ccc(F)cc3)CC2)n1. The number of nitrogens with zero attached hydrogens (tertiary/aromatic N) is 3. The van der Waals surface area contributed by atoms with Gasteiger partial charge in [-0.15, -0.1) is 0 Å². The summed E-state index contributed by atoms with van der Waals surface area (Å²) in [6, 6.07) is 13.8. The zero-order chi connectivity index (χ0) is 19.6. The van der Waals surface area contributed by atoms with Gasteiger partial charge in [-0.2, -0.15) is 0 Å². The zero-order valence-electron chi connectivity index (χ0n) is 15.7. The molecule has 6 heteroatoms. The molecule has 144 valence electrons. The van der Waals surface area contributed by atoms with Crippen LogP contribution >= 0.6 is 0 Å². The van der Waals surface area contributed by atoms with Gasteiger partial charge in [0, 0.05) is 18.7 Å². The summed E-state index contributed by atoms with van der Waals surface area (Å²) in [5.74, 6) is 1.22. The molecule has 5 nitrogen and oxygen atoms in total. The van der Waals surface area contributed by atoms with Gasteiger partial charge in [-0.25, -0.2) is 9.37 Å². The fraction of sp³-hybridized carbons (Fsp3) is 0.273. The van der Waals surface area contributed by atoms with Crippen molar-refractivity contribution in [3.63, 3.8) is 0 Å². The van der Waals surface area contributed by atoms with Gasteiger partial charge in [0.1, 0.15) is 17.4 Å². The molecule has 0 saturated carbocycles. The lowest BCUT2D eigenvalue weighted by Crippen LogP contribution is -2.43. The van der Waals surface area contributed by atoms with Crippen LogP contribution in [0.15, 0.2) is 60.9 Å². The van der Waals surface area contributed by atoms with Crippen LogP contribution in [-0.2, 0) is 5.60 Å². The Kier molecular flexibility index (Phi) is 4.96. The lowest BCUT2D eigenvalue weighted by atomic mass is 9.84. The van der Waals surface area contributed by atoms with Crippen LogP contribution in [0.3, 0.4) is 0 Å². The quantitative estimate of drug-likeness (QED) is 0.748. The Morgan fingerprint density at radius 3 is 2.46 bits per heavy atom. The summed E-state index contributed by atoms with van der Waals surface area (Å²) in [5, 5.41) is 11.0. The Morgan fingerprint density at radius 1 is 1.04 bits per heavy atom. The van der Waals surface area contributed by atoms with Gasteiger partial charge in [0.25, 0.3) is 0 Å². The highest BCUT2D eigenvalue weighted by Gasteiger charge is 2.34. The second-order valence-electron chi connectivity index (χ2n) is 6.99. The van der Waals surface area contributed by atoms with E-state index >= 15 is 0 Å². The number of aromatic nitrogens is 2. The minimum absolute atomic E-state index is 0.298. The number of hydrogen-bond acceptors (Lipinski definition) is 5. The highest BCUT2D eigenvalue weighted by Crippen LogP contribution is 2.35. The Bertz CT molecular complexity index is 954. The van der Waals surface area contributed by atoms with Gasteiger partial charge in [-0.1, -0.05) is 24.3 Å². The van der Waals surface area contributed by atoms with Crippen molar-refractivity contribution in [2.75, 3.05) is 25.1 Å². The van der Waals surface area contributed by atoms with Gasteiger partial charge in [0.05, 0.1) is 30.8 Å². The molecule has 1 aromatic heterocycles. The molecule has 3 aromatic rings. The summed E-state index contributed by atoms with van der Waals surface area (Å²) >= 11 is 0. The Balaban J connectivity index is 1.53. The predicted molar refractivity (Wildman–Crippen MR) is 106 cm³/mol. The maximum atomic E-state index is 13.2. The summed E-state index contributed by atoms with van der Waals surface area (Å²) in [6.07, 6.45) is 4.54. The van der Waals surface area contributed by atoms with Gasteiger partial charge >= 0.3 is 0 Å². The molecule has 0 radical (unpaired) electrons. The average Bonchev–Trinajstić information content (AvgIpc) is 2.75. The molecule has 0 amide bonds. The van der Waals surface area contributed by atoms with Gasteiger partial charge < -0.3 is 14.7 Å². The predicted octanol–water partition coefficient (Wildman–Crippen LogP) is 3.78. The third-order valence-corrected chi connectivity index (χ3v) is 5.30. The molecule has 0 bridgehead atoms. The maximum Gasteiger partial charge on any atom is 0.147 e. The minimum atomic E-state index is -0.947. The number of halogens is 1. The average molecular weight is 379 g/mol. The Morgan fingerprint density at radius 2 is 1.75 bits per heavy atom. The first-order chi connectivity index (χ1) is 13.6. The summed E-state index contributed by atoms with van der Waals surface area (Å²) < 4.78 is 18.6. The van der Waals surface area contributed by atoms with E-state index < -0.39 is 5.60 Å². The first-order valence-electron chi connectivity index (χ1n) is 9.28. The van der Waals surface area contributed by atoms with Crippen molar-refractivity contribution in [1.82, 2.24) is 9.97 Å². The second-order valence-corrected chi connectivity index (χ2v) is 6.99. The van der Waals surface area contributed by atoms with Crippen LogP contribution in [0.5, 0.6) is 5.75 Å². The van der Waals surface area contributed by atoms with Crippen molar-refractivity contribution >= 4 is 5.82 Å². The van der Waals surface area contributed by atoms with Crippen LogP contribution < -0.4 is 9.64 Å². The number of para-hydroxylation sites is 1. The molecule has 1 aliphatic rings. The Hall–Kier alpha value is -2.99. The molecule has 1 N–H and O–H groups in total. The molecular weight excluding hydrogens is 357 g/mol. The molecule has 0 aliphatic carbocycles. The van der Waals surface area contributed by atoms with E-state index in [9.17, 15) is 9.50 Å². The first-order valence-corrected chi connectivity index (χ1v) is 9.28. The number of piperidine rings is 1. The molecule has 0 spiro atoms. The topological polar surface area (TPSA) is 58.5 Å². The smallest absolute Gasteiger partial charge is 0.147 e. The van der Waals surface area contributed by atoms with Crippen LogP contribution in [0, 0.1) is 5.82 Å². The van der Waals surface area contributed by atoms with Crippen LogP contribution in [0.2, 0.25) is 0 Å². The van der Waals surface area contributed by atoms with Gasteiger partial charge in [-0.3, -0.25) is 4.98 Å². The van der Waals surface area contributed by atoms with Crippen molar-refractivity contribution in [2.24, 2.45) is 0 Å². The van der Waals surface area contributed by atoms with Crippen molar-refractivity contribution in [3.8, 4) is 17.0 Å². The van der Waals surface area contributed by atoms with E-state index in [2.05, 4.69) is 9.88 Å². The van der Waals surface area contributed by atoms with Gasteiger partial charge in [-0.05, 0) is 42.7 Å². The molecule has 1 aliphatic heterocycles. The maximum absolute atomic E-state index is 13.2. The van der Waals surface area contributed by atoms with Gasteiger partial charge in [0.15, 0.2) is 0 Å². The van der Waals surface area contributed by atoms with E-state index in [1.807, 2.05) is 24.3 Å². The number of anilines is 1. The third-order valence-electron chi connectivity index (χ3n) is 5.30. The fourth-order valence-corrected chi connectivity index (χ4v) is 3.65. The zero-order valence-corrected chi connectivity index (χ0v) is 15.7. The van der Waals surface area contributed by atoms with Gasteiger partial charge in [0.2, 0.25) is 0 Å². The summed E-state index contributed by atoms with van der Waals surface area (Å²) in [4.78, 5) is 11.2. The molecule has 2 aromatic carbocycles. The van der Waals surface area contributed by atoms with E-state index in [-0.39, 0.29) is 5.82 Å². The number of rotatable bonds is 4. The van der Waals surface area contributed by atoms with Crippen molar-refractivity contribution < 1.29 is 14.2 Å². The van der Waals surface area contributed by atoms with E-state index in [0.29, 0.717) is 25.9 Å². The van der Waals surface area contributed by atoms with Crippen LogP contribution in [0.1, 0.15) is 18.4 Å². The molecule has 0 atom stereocenters. The summed E-state index contributed by atoms with van der Waals surface area (Å²) in [5.41, 5.74) is 1.44. The molecular formula is C22H22FN3O2. The van der Waals surface area contributed by atoms with E-state index in [4.69, 9.17) is 9.72 Å². The van der Waals surface area contributed by atoms with E-state index in [1.165, 1.54) is 12.1 Å². The largest absolute Gasteiger partial charge is 0.496 e. The molecule has 0 unspecified atom stereocenters. The molecule has 28 heavy (non-hydrogen) atoms. The minimum Gasteiger partial charge on any atom is -0.496 e. The van der Waals surface area contributed by atoms with Crippen LogP contribution in [0.25, 0.3) is 11.3 Å². The van der Waals surface area contributed by atoms with Crippen molar-refractivity contribution in [1.29, 1.82) is 0 Å². The third kappa shape index (κ3) is 3.55. The molecule has 2 heterocycles.